The summed E-state index contributed by atoms with van der Waals surface area (Å²) in [5.74, 6) is 0.867. The molecule has 1 heterocycles. The SMILES string of the molecule is CC(C)C1CCCCN1C1CC1. The van der Waals surface area contributed by atoms with Gasteiger partial charge in [-0.05, 0) is 38.1 Å². The lowest BCUT2D eigenvalue weighted by Crippen LogP contribution is -2.43. The van der Waals surface area contributed by atoms with Gasteiger partial charge in [0.1, 0.15) is 0 Å². The maximum absolute atomic E-state index is 2.79. The van der Waals surface area contributed by atoms with Gasteiger partial charge in [0.05, 0.1) is 0 Å². The number of hydrogen-bond donors (Lipinski definition) is 0. The van der Waals surface area contributed by atoms with Crippen LogP contribution in [0.5, 0.6) is 0 Å². The van der Waals surface area contributed by atoms with Crippen LogP contribution in [0.1, 0.15) is 46.0 Å². The number of hydrogen-bond acceptors (Lipinski definition) is 1. The van der Waals surface area contributed by atoms with Crippen molar-refractivity contribution in [2.45, 2.75) is 58.0 Å². The molecule has 0 aromatic rings. The first kappa shape index (κ1) is 8.55. The minimum atomic E-state index is 0.867. The third-order valence-electron chi connectivity index (χ3n) is 3.38. The molecule has 0 aromatic carbocycles. The number of rotatable bonds is 2. The minimum Gasteiger partial charge on any atom is -0.297 e. The molecule has 1 unspecified atom stereocenters. The zero-order valence-electron chi connectivity index (χ0n) is 8.42. The van der Waals surface area contributed by atoms with E-state index in [2.05, 4.69) is 18.7 Å². The fraction of sp³-hybridized carbons (Fsp3) is 1.00. The van der Waals surface area contributed by atoms with Crippen LogP contribution in [0.3, 0.4) is 0 Å². The molecule has 1 saturated heterocycles. The van der Waals surface area contributed by atoms with E-state index < -0.39 is 0 Å². The molecular weight excluding hydrogens is 146 g/mol. The summed E-state index contributed by atoms with van der Waals surface area (Å²) in [6.07, 6.45) is 7.31. The summed E-state index contributed by atoms with van der Waals surface area (Å²) in [6.45, 7) is 6.14. The van der Waals surface area contributed by atoms with Crippen molar-refractivity contribution < 1.29 is 0 Å². The molecule has 1 heteroatoms. The standard InChI is InChI=1S/C11H21N/c1-9(2)11-5-3-4-8-12(11)10-6-7-10/h9-11H,3-8H2,1-2H3. The number of piperidine rings is 1. The van der Waals surface area contributed by atoms with Gasteiger partial charge in [0.2, 0.25) is 0 Å². The van der Waals surface area contributed by atoms with Crippen LogP contribution in [0.4, 0.5) is 0 Å². The molecule has 0 amide bonds. The zero-order valence-corrected chi connectivity index (χ0v) is 8.42. The van der Waals surface area contributed by atoms with Crippen LogP contribution in [0.15, 0.2) is 0 Å². The van der Waals surface area contributed by atoms with Gasteiger partial charge in [0, 0.05) is 12.1 Å². The molecule has 0 N–H and O–H groups in total. The first-order chi connectivity index (χ1) is 5.79. The van der Waals surface area contributed by atoms with Crippen molar-refractivity contribution in [3.05, 3.63) is 0 Å². The lowest BCUT2D eigenvalue weighted by Gasteiger charge is -2.38. The maximum Gasteiger partial charge on any atom is 0.0121 e. The van der Waals surface area contributed by atoms with Crippen molar-refractivity contribution in [3.63, 3.8) is 0 Å². The normalized spacial score (nSPS) is 32.8. The van der Waals surface area contributed by atoms with Crippen molar-refractivity contribution in [2.24, 2.45) is 5.92 Å². The molecule has 1 saturated carbocycles. The third-order valence-corrected chi connectivity index (χ3v) is 3.38. The zero-order chi connectivity index (χ0) is 8.55. The van der Waals surface area contributed by atoms with Gasteiger partial charge in [0.15, 0.2) is 0 Å². The second-order valence-electron chi connectivity index (χ2n) is 4.78. The molecule has 0 bridgehead atoms. The van der Waals surface area contributed by atoms with E-state index in [0.717, 1.165) is 18.0 Å². The van der Waals surface area contributed by atoms with Gasteiger partial charge < -0.3 is 0 Å². The molecule has 70 valence electrons. The van der Waals surface area contributed by atoms with Crippen molar-refractivity contribution in [3.8, 4) is 0 Å². The monoisotopic (exact) mass is 167 g/mol. The Bertz CT molecular complexity index is 139. The van der Waals surface area contributed by atoms with Gasteiger partial charge in [-0.15, -0.1) is 0 Å². The average Bonchev–Trinajstić information content (AvgIpc) is 2.87. The summed E-state index contributed by atoms with van der Waals surface area (Å²) in [7, 11) is 0. The summed E-state index contributed by atoms with van der Waals surface area (Å²) in [6, 6.07) is 1.89. The molecule has 1 atom stereocenters. The largest absolute Gasteiger partial charge is 0.297 e. The van der Waals surface area contributed by atoms with E-state index in [4.69, 9.17) is 0 Å². The minimum absolute atomic E-state index is 0.867. The lowest BCUT2D eigenvalue weighted by atomic mass is 9.93. The van der Waals surface area contributed by atoms with Gasteiger partial charge in [-0.1, -0.05) is 20.3 Å². The summed E-state index contributed by atoms with van der Waals surface area (Å²) < 4.78 is 0. The average molecular weight is 167 g/mol. The van der Waals surface area contributed by atoms with Crippen molar-refractivity contribution in [1.29, 1.82) is 0 Å². The molecular formula is C11H21N. The first-order valence-electron chi connectivity index (χ1n) is 5.55. The molecule has 1 nitrogen and oxygen atoms in total. The van der Waals surface area contributed by atoms with E-state index in [-0.39, 0.29) is 0 Å². The molecule has 12 heavy (non-hydrogen) atoms. The van der Waals surface area contributed by atoms with Crippen LogP contribution in [-0.4, -0.2) is 23.5 Å². The molecule has 0 radical (unpaired) electrons. The van der Waals surface area contributed by atoms with Gasteiger partial charge in [-0.25, -0.2) is 0 Å². The van der Waals surface area contributed by atoms with Crippen LogP contribution in [0.25, 0.3) is 0 Å². The first-order valence-corrected chi connectivity index (χ1v) is 5.55. The Kier molecular flexibility index (Phi) is 2.40. The molecule has 2 fully saturated rings. The van der Waals surface area contributed by atoms with Gasteiger partial charge >= 0.3 is 0 Å². The van der Waals surface area contributed by atoms with Gasteiger partial charge in [-0.3, -0.25) is 4.90 Å². The fourth-order valence-electron chi connectivity index (χ4n) is 2.56. The fourth-order valence-corrected chi connectivity index (χ4v) is 2.56. The predicted molar refractivity (Wildman–Crippen MR) is 52.2 cm³/mol. The van der Waals surface area contributed by atoms with Crippen molar-refractivity contribution >= 4 is 0 Å². The van der Waals surface area contributed by atoms with Crippen molar-refractivity contribution in [1.82, 2.24) is 4.90 Å². The Morgan fingerprint density at radius 2 is 1.83 bits per heavy atom. The summed E-state index contributed by atoms with van der Waals surface area (Å²) >= 11 is 0. The van der Waals surface area contributed by atoms with Gasteiger partial charge in [-0.2, -0.15) is 0 Å². The van der Waals surface area contributed by atoms with Crippen LogP contribution in [-0.2, 0) is 0 Å². The van der Waals surface area contributed by atoms with Crippen molar-refractivity contribution in [2.75, 3.05) is 6.54 Å². The van der Waals surface area contributed by atoms with E-state index in [1.165, 1.54) is 38.6 Å². The van der Waals surface area contributed by atoms with E-state index in [0.29, 0.717) is 0 Å². The Hall–Kier alpha value is -0.0400. The highest BCUT2D eigenvalue weighted by atomic mass is 15.2. The number of nitrogens with zero attached hydrogens (tertiary/aromatic N) is 1. The molecule has 0 spiro atoms. The Morgan fingerprint density at radius 3 is 2.42 bits per heavy atom. The topological polar surface area (TPSA) is 3.24 Å². The smallest absolute Gasteiger partial charge is 0.0121 e. The lowest BCUT2D eigenvalue weighted by molar-refractivity contribution is 0.104. The van der Waals surface area contributed by atoms with Crippen LogP contribution in [0.2, 0.25) is 0 Å². The molecule has 1 aliphatic heterocycles. The summed E-state index contributed by atoms with van der Waals surface area (Å²) in [4.78, 5) is 2.79. The highest BCUT2D eigenvalue weighted by molar-refractivity contribution is 4.91. The highest BCUT2D eigenvalue weighted by Gasteiger charge is 2.36. The second kappa shape index (κ2) is 3.37. The van der Waals surface area contributed by atoms with E-state index in [1.807, 2.05) is 0 Å². The molecule has 0 aromatic heterocycles. The van der Waals surface area contributed by atoms with E-state index >= 15 is 0 Å². The van der Waals surface area contributed by atoms with Crippen LogP contribution in [0, 0.1) is 5.92 Å². The maximum atomic E-state index is 2.79. The highest BCUT2D eigenvalue weighted by Crippen LogP contribution is 2.34. The van der Waals surface area contributed by atoms with E-state index in [9.17, 15) is 0 Å². The molecule has 2 rings (SSSR count). The Balaban J connectivity index is 1.96. The van der Waals surface area contributed by atoms with Crippen LogP contribution < -0.4 is 0 Å². The van der Waals surface area contributed by atoms with Gasteiger partial charge in [0.25, 0.3) is 0 Å². The quantitative estimate of drug-likeness (QED) is 0.611. The number of likely N-dealkylation sites (tertiary alicyclic amines) is 1. The molecule has 2 aliphatic rings. The second-order valence-corrected chi connectivity index (χ2v) is 4.78. The Morgan fingerprint density at radius 1 is 1.08 bits per heavy atom. The summed E-state index contributed by atoms with van der Waals surface area (Å²) in [5.41, 5.74) is 0. The van der Waals surface area contributed by atoms with Crippen LogP contribution >= 0.6 is 0 Å². The third kappa shape index (κ3) is 1.66. The van der Waals surface area contributed by atoms with E-state index in [1.54, 1.807) is 0 Å². The summed E-state index contributed by atoms with van der Waals surface area (Å²) in [5, 5.41) is 0. The predicted octanol–water partition coefficient (Wildman–Crippen LogP) is 2.66. The Labute approximate surface area is 76.1 Å². The molecule has 1 aliphatic carbocycles.